The van der Waals surface area contributed by atoms with Gasteiger partial charge in [0, 0.05) is 23.7 Å². The maximum atomic E-state index is 13.2. The molecule has 9 heteroatoms. The molecule has 34 heavy (non-hydrogen) atoms. The molecule has 1 amide bonds. The zero-order valence-electron chi connectivity index (χ0n) is 19.1. The molecular formula is C25H28F6N2O. The van der Waals surface area contributed by atoms with E-state index < -0.39 is 35.0 Å². The Morgan fingerprint density at radius 3 is 2.03 bits per heavy atom. The van der Waals surface area contributed by atoms with Gasteiger partial charge in [-0.15, -0.1) is 0 Å². The molecule has 2 aliphatic rings. The van der Waals surface area contributed by atoms with Gasteiger partial charge in [0.25, 0.3) is 5.91 Å². The SMILES string of the molecule is C1CC1.CCN(C)CCC1CN(C(=O)c2cc(C(F)(F)F)cc(C(F)(F)F)c2)c2ccccc21. The maximum Gasteiger partial charge on any atom is 0.416 e. The van der Waals surface area contributed by atoms with Crippen LogP contribution in [0.5, 0.6) is 0 Å². The molecule has 1 unspecified atom stereocenters. The number of halogens is 6. The molecule has 1 heterocycles. The number of hydrogen-bond acceptors (Lipinski definition) is 2. The van der Waals surface area contributed by atoms with Crippen molar-refractivity contribution in [1.29, 1.82) is 0 Å². The van der Waals surface area contributed by atoms with E-state index in [2.05, 4.69) is 4.90 Å². The predicted molar refractivity (Wildman–Crippen MR) is 119 cm³/mol. The number of anilines is 1. The van der Waals surface area contributed by atoms with Crippen molar-refractivity contribution in [3.63, 3.8) is 0 Å². The summed E-state index contributed by atoms with van der Waals surface area (Å²) in [5, 5.41) is 0. The van der Waals surface area contributed by atoms with E-state index in [9.17, 15) is 31.1 Å². The molecule has 3 nitrogen and oxygen atoms in total. The number of rotatable bonds is 5. The van der Waals surface area contributed by atoms with Crippen molar-refractivity contribution in [2.24, 2.45) is 0 Å². The Labute approximate surface area is 195 Å². The molecule has 1 aliphatic heterocycles. The van der Waals surface area contributed by atoms with Gasteiger partial charge in [-0.05, 0) is 56.4 Å². The first-order valence-corrected chi connectivity index (χ1v) is 11.3. The van der Waals surface area contributed by atoms with E-state index in [1.54, 1.807) is 18.2 Å². The number of amides is 1. The van der Waals surface area contributed by atoms with Crippen LogP contribution in [-0.4, -0.2) is 37.5 Å². The van der Waals surface area contributed by atoms with Crippen LogP contribution in [0, 0.1) is 0 Å². The fraction of sp³-hybridized carbons (Fsp3) is 0.480. The van der Waals surface area contributed by atoms with Gasteiger partial charge >= 0.3 is 12.4 Å². The molecular weight excluding hydrogens is 458 g/mol. The second kappa shape index (κ2) is 10.4. The molecule has 2 aromatic carbocycles. The molecule has 0 aromatic heterocycles. The third kappa shape index (κ3) is 6.52. The topological polar surface area (TPSA) is 23.6 Å². The van der Waals surface area contributed by atoms with Gasteiger partial charge in [-0.3, -0.25) is 4.79 Å². The predicted octanol–water partition coefficient (Wildman–Crippen LogP) is 6.98. The lowest BCUT2D eigenvalue weighted by atomic mass is 9.98. The normalized spacial score (nSPS) is 17.3. The van der Waals surface area contributed by atoms with Crippen molar-refractivity contribution < 1.29 is 31.1 Å². The van der Waals surface area contributed by atoms with E-state index in [-0.39, 0.29) is 18.5 Å². The van der Waals surface area contributed by atoms with E-state index in [1.165, 1.54) is 24.2 Å². The van der Waals surface area contributed by atoms with E-state index >= 15 is 0 Å². The summed E-state index contributed by atoms with van der Waals surface area (Å²) < 4.78 is 79.1. The average molecular weight is 487 g/mol. The van der Waals surface area contributed by atoms with Crippen LogP contribution in [-0.2, 0) is 12.4 Å². The molecule has 1 aliphatic carbocycles. The molecule has 0 bridgehead atoms. The van der Waals surface area contributed by atoms with E-state index in [1.807, 2.05) is 20.0 Å². The fourth-order valence-electron chi connectivity index (χ4n) is 3.70. The second-order valence-electron chi connectivity index (χ2n) is 8.71. The van der Waals surface area contributed by atoms with Gasteiger partial charge in [-0.25, -0.2) is 0 Å². The number of hydrogen-bond donors (Lipinski definition) is 0. The monoisotopic (exact) mass is 486 g/mol. The van der Waals surface area contributed by atoms with Gasteiger partial charge in [0.05, 0.1) is 11.1 Å². The molecule has 0 radical (unpaired) electrons. The van der Waals surface area contributed by atoms with E-state index in [4.69, 9.17) is 0 Å². The molecule has 0 N–H and O–H groups in total. The minimum absolute atomic E-state index is 0.0259. The van der Waals surface area contributed by atoms with Gasteiger partial charge in [-0.2, -0.15) is 26.3 Å². The quantitative estimate of drug-likeness (QED) is 0.426. The molecule has 1 fully saturated rings. The Kier molecular flexibility index (Phi) is 7.95. The minimum Gasteiger partial charge on any atom is -0.307 e. The third-order valence-electron chi connectivity index (χ3n) is 5.90. The lowest BCUT2D eigenvalue weighted by Crippen LogP contribution is -2.31. The Morgan fingerprint density at radius 2 is 1.53 bits per heavy atom. The standard InChI is InChI=1S/C22H22F6N2O.C3H6/c1-3-29(2)9-8-14-13-30(19-7-5-4-6-18(14)19)20(31)15-10-16(21(23,24)25)12-17(11-15)22(26,27)28;1-2-3-1/h4-7,10-12,14H,3,8-9,13H2,1-2H3;1-3H2. The van der Waals surface area contributed by atoms with Crippen LogP contribution in [0.3, 0.4) is 0 Å². The highest BCUT2D eigenvalue weighted by molar-refractivity contribution is 6.07. The minimum atomic E-state index is -5.01. The number of benzene rings is 2. The van der Waals surface area contributed by atoms with Crippen molar-refractivity contribution >= 4 is 11.6 Å². The number of nitrogens with zero attached hydrogens (tertiary/aromatic N) is 2. The van der Waals surface area contributed by atoms with Crippen molar-refractivity contribution in [1.82, 2.24) is 4.90 Å². The Bertz CT molecular complexity index is 965. The number of carbonyl (C=O) groups is 1. The van der Waals surface area contributed by atoms with Crippen LogP contribution in [0.2, 0.25) is 0 Å². The zero-order chi connectivity index (χ0) is 25.1. The Morgan fingerprint density at radius 1 is 0.971 bits per heavy atom. The summed E-state index contributed by atoms with van der Waals surface area (Å²) in [6, 6.07) is 7.98. The summed E-state index contributed by atoms with van der Waals surface area (Å²) in [5.74, 6) is -0.933. The molecule has 186 valence electrons. The number of para-hydroxylation sites is 1. The average Bonchev–Trinajstić information content (AvgIpc) is 3.63. The fourth-order valence-corrected chi connectivity index (χ4v) is 3.70. The Balaban J connectivity index is 0.000000999. The van der Waals surface area contributed by atoms with E-state index in [0.717, 1.165) is 18.7 Å². The summed E-state index contributed by atoms with van der Waals surface area (Å²) in [5.41, 5.74) is -2.26. The molecule has 1 saturated carbocycles. The summed E-state index contributed by atoms with van der Waals surface area (Å²) in [4.78, 5) is 16.5. The maximum absolute atomic E-state index is 13.2. The first-order chi connectivity index (χ1) is 15.9. The van der Waals surface area contributed by atoms with Gasteiger partial charge in [-0.1, -0.05) is 44.4 Å². The summed E-state index contributed by atoms with van der Waals surface area (Å²) >= 11 is 0. The lowest BCUT2D eigenvalue weighted by Gasteiger charge is -2.21. The lowest BCUT2D eigenvalue weighted by molar-refractivity contribution is -0.143. The Hall–Kier alpha value is -2.55. The molecule has 4 rings (SSSR count). The molecule has 1 atom stereocenters. The highest BCUT2D eigenvalue weighted by Crippen LogP contribution is 2.40. The third-order valence-corrected chi connectivity index (χ3v) is 5.90. The van der Waals surface area contributed by atoms with Gasteiger partial charge in [0.15, 0.2) is 0 Å². The van der Waals surface area contributed by atoms with Gasteiger partial charge in [0.1, 0.15) is 0 Å². The molecule has 2 aromatic rings. The largest absolute Gasteiger partial charge is 0.416 e. The first-order valence-electron chi connectivity index (χ1n) is 11.3. The van der Waals surface area contributed by atoms with Gasteiger partial charge in [0.2, 0.25) is 0 Å². The van der Waals surface area contributed by atoms with E-state index in [0.29, 0.717) is 24.2 Å². The smallest absolute Gasteiger partial charge is 0.307 e. The van der Waals surface area contributed by atoms with Crippen LogP contribution in [0.1, 0.15) is 65.6 Å². The highest BCUT2D eigenvalue weighted by Gasteiger charge is 2.39. The summed E-state index contributed by atoms with van der Waals surface area (Å²) in [6.07, 6.45) is -4.81. The van der Waals surface area contributed by atoms with Crippen LogP contribution in [0.25, 0.3) is 0 Å². The molecule has 0 saturated heterocycles. The zero-order valence-corrected chi connectivity index (χ0v) is 19.1. The van der Waals surface area contributed by atoms with Crippen LogP contribution in [0.4, 0.5) is 32.0 Å². The van der Waals surface area contributed by atoms with Crippen molar-refractivity contribution in [3.8, 4) is 0 Å². The summed E-state index contributed by atoms with van der Waals surface area (Å²) in [7, 11) is 1.95. The van der Waals surface area contributed by atoms with Gasteiger partial charge < -0.3 is 9.80 Å². The van der Waals surface area contributed by atoms with Crippen molar-refractivity contribution in [2.75, 3.05) is 31.6 Å². The second-order valence-corrected chi connectivity index (χ2v) is 8.71. The number of carbonyl (C=O) groups excluding carboxylic acids is 1. The van der Waals surface area contributed by atoms with Crippen LogP contribution in [0.15, 0.2) is 42.5 Å². The van der Waals surface area contributed by atoms with Crippen LogP contribution >= 0.6 is 0 Å². The molecule has 0 spiro atoms. The first kappa shape index (κ1) is 26.1. The van der Waals surface area contributed by atoms with Crippen LogP contribution < -0.4 is 4.90 Å². The summed E-state index contributed by atoms with van der Waals surface area (Å²) in [6.45, 7) is 3.79. The van der Waals surface area contributed by atoms with Crippen molar-refractivity contribution in [2.45, 2.75) is 50.9 Å². The highest BCUT2D eigenvalue weighted by atomic mass is 19.4. The van der Waals surface area contributed by atoms with Crippen molar-refractivity contribution in [3.05, 3.63) is 64.7 Å². The number of alkyl halides is 6. The number of fused-ring (bicyclic) bond motifs is 1.